The summed E-state index contributed by atoms with van der Waals surface area (Å²) in [5.41, 5.74) is 0.696. The molecule has 1 rings (SSSR count). The first-order valence-corrected chi connectivity index (χ1v) is 6.41. The minimum atomic E-state index is -0.454. The number of carbonyl (C=O) groups is 1. The van der Waals surface area contributed by atoms with Crippen LogP contribution in [0.4, 0.5) is 10.5 Å². The van der Waals surface area contributed by atoms with Crippen LogP contribution in [0.1, 0.15) is 20.8 Å². The van der Waals surface area contributed by atoms with E-state index in [4.69, 9.17) is 4.74 Å². The Hall–Kier alpha value is -1.78. The highest BCUT2D eigenvalue weighted by atomic mass is 16.6. The van der Waals surface area contributed by atoms with Gasteiger partial charge >= 0.3 is 6.09 Å². The van der Waals surface area contributed by atoms with Crippen molar-refractivity contribution in [3.63, 3.8) is 0 Å². The van der Waals surface area contributed by atoms with Gasteiger partial charge in [0.25, 0.3) is 0 Å². The number of hydrogen-bond donors (Lipinski definition) is 1. The Morgan fingerprint density at radius 2 is 1.89 bits per heavy atom. The Kier molecular flexibility index (Phi) is 5.15. The van der Waals surface area contributed by atoms with E-state index < -0.39 is 5.60 Å². The van der Waals surface area contributed by atoms with Crippen LogP contribution in [-0.2, 0) is 11.3 Å². The summed E-state index contributed by atoms with van der Waals surface area (Å²) in [7, 11) is 4.01. The molecule has 0 saturated carbocycles. The van der Waals surface area contributed by atoms with Crippen LogP contribution < -0.4 is 14.8 Å². The second-order valence-electron chi connectivity index (χ2n) is 5.62. The Labute approximate surface area is 115 Å². The van der Waals surface area contributed by atoms with E-state index >= 15 is 0 Å². The molecule has 1 aromatic heterocycles. The van der Waals surface area contributed by atoms with E-state index in [0.717, 1.165) is 5.69 Å². The topological polar surface area (TPSA) is 45.5 Å². The molecular weight excluding hydrogens is 242 g/mol. The van der Waals surface area contributed by atoms with Crippen molar-refractivity contribution in [2.24, 2.45) is 0 Å². The fraction of sp³-hybridized carbons (Fsp3) is 0.571. The van der Waals surface area contributed by atoms with Gasteiger partial charge in [0.05, 0.1) is 6.54 Å². The van der Waals surface area contributed by atoms with Crippen molar-refractivity contribution in [1.29, 1.82) is 0 Å². The number of alkyl carbamates (subject to hydrolysis) is 1. The number of nitrogens with one attached hydrogen (secondary N) is 1. The van der Waals surface area contributed by atoms with E-state index in [9.17, 15) is 4.79 Å². The number of hydrogen-bond acceptors (Lipinski definition) is 3. The van der Waals surface area contributed by atoms with Gasteiger partial charge in [-0.2, -0.15) is 0 Å². The molecule has 0 radical (unpaired) electrons. The van der Waals surface area contributed by atoms with Crippen LogP contribution in [0.25, 0.3) is 0 Å². The summed E-state index contributed by atoms with van der Waals surface area (Å²) in [4.78, 5) is 13.5. The SMILES string of the molecule is CN(C)c1cc[n+](CCNC(=O)OC(C)(C)C)cc1. The molecule has 0 aromatic carbocycles. The van der Waals surface area contributed by atoms with Crippen molar-refractivity contribution in [2.45, 2.75) is 32.9 Å². The molecule has 0 fully saturated rings. The van der Waals surface area contributed by atoms with Gasteiger partial charge in [-0.15, -0.1) is 0 Å². The number of rotatable bonds is 4. The summed E-state index contributed by atoms with van der Waals surface area (Å²) < 4.78 is 7.18. The Morgan fingerprint density at radius 3 is 2.37 bits per heavy atom. The van der Waals surface area contributed by atoms with E-state index in [1.54, 1.807) is 0 Å². The first kappa shape index (κ1) is 15.3. The third-order valence-electron chi connectivity index (χ3n) is 2.43. The standard InChI is InChI=1S/C14H23N3O2/c1-14(2,3)19-13(18)15-8-11-17-9-6-12(7-10-17)16(4)5/h6-7,9-10H,8,11H2,1-5H3/p+1. The average molecular weight is 266 g/mol. The molecule has 19 heavy (non-hydrogen) atoms. The third-order valence-corrected chi connectivity index (χ3v) is 2.43. The molecule has 0 atom stereocenters. The van der Waals surface area contributed by atoms with E-state index in [2.05, 4.69) is 5.32 Å². The predicted molar refractivity (Wildman–Crippen MR) is 75.2 cm³/mol. The molecular formula is C14H24N3O2+. The highest BCUT2D eigenvalue weighted by Crippen LogP contribution is 2.06. The molecule has 1 heterocycles. The lowest BCUT2D eigenvalue weighted by Gasteiger charge is -2.19. The number of nitrogens with zero attached hydrogens (tertiary/aromatic N) is 2. The molecule has 0 unspecified atom stereocenters. The van der Waals surface area contributed by atoms with Crippen LogP contribution >= 0.6 is 0 Å². The van der Waals surface area contributed by atoms with Gasteiger partial charge in [0, 0.05) is 31.9 Å². The fourth-order valence-corrected chi connectivity index (χ4v) is 1.50. The first-order chi connectivity index (χ1) is 8.78. The van der Waals surface area contributed by atoms with Crippen molar-refractivity contribution >= 4 is 11.8 Å². The second-order valence-corrected chi connectivity index (χ2v) is 5.62. The number of ether oxygens (including phenoxy) is 1. The van der Waals surface area contributed by atoms with Crippen molar-refractivity contribution in [2.75, 3.05) is 25.5 Å². The van der Waals surface area contributed by atoms with Gasteiger partial charge < -0.3 is 15.0 Å². The molecule has 5 heteroatoms. The summed E-state index contributed by atoms with van der Waals surface area (Å²) in [5.74, 6) is 0. The van der Waals surface area contributed by atoms with E-state index in [-0.39, 0.29) is 6.09 Å². The Bertz CT molecular complexity index is 408. The molecule has 5 nitrogen and oxygen atoms in total. The quantitative estimate of drug-likeness (QED) is 0.841. The maximum absolute atomic E-state index is 11.4. The average Bonchev–Trinajstić information content (AvgIpc) is 2.27. The van der Waals surface area contributed by atoms with Crippen LogP contribution in [0, 0.1) is 0 Å². The van der Waals surface area contributed by atoms with Crippen LogP contribution in [0.3, 0.4) is 0 Å². The molecule has 0 bridgehead atoms. The highest BCUT2D eigenvalue weighted by molar-refractivity contribution is 5.67. The molecule has 0 aliphatic carbocycles. The maximum Gasteiger partial charge on any atom is 0.407 e. The normalized spacial score (nSPS) is 11.0. The van der Waals surface area contributed by atoms with Crippen molar-refractivity contribution in [3.8, 4) is 0 Å². The van der Waals surface area contributed by atoms with Gasteiger partial charge in [-0.25, -0.2) is 9.36 Å². The minimum absolute atomic E-state index is 0.377. The van der Waals surface area contributed by atoms with Gasteiger partial charge in [0.15, 0.2) is 18.9 Å². The van der Waals surface area contributed by atoms with E-state index in [0.29, 0.717) is 13.1 Å². The summed E-state index contributed by atoms with van der Waals surface area (Å²) in [5, 5.41) is 2.73. The second kappa shape index (κ2) is 6.41. The van der Waals surface area contributed by atoms with E-state index in [1.807, 2.05) is 68.9 Å². The molecule has 1 aromatic rings. The monoisotopic (exact) mass is 266 g/mol. The van der Waals surface area contributed by atoms with Crippen molar-refractivity contribution in [1.82, 2.24) is 5.32 Å². The highest BCUT2D eigenvalue weighted by Gasteiger charge is 2.15. The largest absolute Gasteiger partial charge is 0.444 e. The van der Waals surface area contributed by atoms with Gasteiger partial charge in [-0.3, -0.25) is 0 Å². The van der Waals surface area contributed by atoms with Crippen LogP contribution in [0.2, 0.25) is 0 Å². The third kappa shape index (κ3) is 6.08. The van der Waals surface area contributed by atoms with Crippen LogP contribution in [0.5, 0.6) is 0 Å². The summed E-state index contributed by atoms with van der Waals surface area (Å²) in [6.07, 6.45) is 3.61. The number of aromatic nitrogens is 1. The fourth-order valence-electron chi connectivity index (χ4n) is 1.50. The molecule has 1 amide bonds. The predicted octanol–water partition coefficient (Wildman–Crippen LogP) is 1.56. The lowest BCUT2D eigenvalue weighted by Crippen LogP contribution is -2.41. The molecule has 1 N–H and O–H groups in total. The zero-order chi connectivity index (χ0) is 14.5. The van der Waals surface area contributed by atoms with Crippen LogP contribution in [0.15, 0.2) is 24.5 Å². The van der Waals surface area contributed by atoms with Crippen molar-refractivity contribution < 1.29 is 14.1 Å². The summed E-state index contributed by atoms with van der Waals surface area (Å²) >= 11 is 0. The zero-order valence-corrected chi connectivity index (χ0v) is 12.4. The lowest BCUT2D eigenvalue weighted by molar-refractivity contribution is -0.694. The zero-order valence-electron chi connectivity index (χ0n) is 12.4. The number of carbonyl (C=O) groups excluding carboxylic acids is 1. The molecule has 0 aliphatic rings. The summed E-state index contributed by atoms with van der Waals surface area (Å²) in [6, 6.07) is 4.07. The van der Waals surface area contributed by atoms with Crippen molar-refractivity contribution in [3.05, 3.63) is 24.5 Å². The lowest BCUT2D eigenvalue weighted by atomic mass is 10.2. The summed E-state index contributed by atoms with van der Waals surface area (Å²) in [6.45, 7) is 6.80. The van der Waals surface area contributed by atoms with Gasteiger partial charge in [0.2, 0.25) is 0 Å². The van der Waals surface area contributed by atoms with E-state index in [1.165, 1.54) is 0 Å². The number of pyridine rings is 1. The van der Waals surface area contributed by atoms with Gasteiger partial charge in [0.1, 0.15) is 5.60 Å². The maximum atomic E-state index is 11.4. The molecule has 0 spiro atoms. The molecule has 0 saturated heterocycles. The first-order valence-electron chi connectivity index (χ1n) is 6.41. The number of amides is 1. The molecule has 106 valence electrons. The molecule has 0 aliphatic heterocycles. The number of anilines is 1. The minimum Gasteiger partial charge on any atom is -0.444 e. The smallest absolute Gasteiger partial charge is 0.407 e. The Morgan fingerprint density at radius 1 is 1.32 bits per heavy atom. The van der Waals surface area contributed by atoms with Gasteiger partial charge in [-0.05, 0) is 20.8 Å². The Balaban J connectivity index is 2.35. The van der Waals surface area contributed by atoms with Gasteiger partial charge in [-0.1, -0.05) is 0 Å². The van der Waals surface area contributed by atoms with Crippen LogP contribution in [-0.4, -0.2) is 32.3 Å².